The number of urea groups is 1. The molecule has 0 bridgehead atoms. The summed E-state index contributed by atoms with van der Waals surface area (Å²) < 4.78 is 4.33. The molecule has 4 rings (SSSR count). The molecule has 1 aromatic carbocycles. The van der Waals surface area contributed by atoms with E-state index in [2.05, 4.69) is 24.6 Å². The molecule has 28 heavy (non-hydrogen) atoms. The average Bonchev–Trinajstić information content (AvgIpc) is 3.17. The molecule has 0 aliphatic carbocycles. The maximum atomic E-state index is 12.7. The number of rotatable bonds is 3. The SMILES string of the molecule is CC1CN(c2ncccc2Cl)CCN1C(=O)Nc1nc(-c2ccccc2)ns1. The van der Waals surface area contributed by atoms with Crippen LogP contribution in [0, 0.1) is 0 Å². The van der Waals surface area contributed by atoms with Crippen molar-refractivity contribution in [3.8, 4) is 11.4 Å². The Morgan fingerprint density at radius 3 is 2.79 bits per heavy atom. The van der Waals surface area contributed by atoms with Crippen LogP contribution in [0.5, 0.6) is 0 Å². The first-order valence-corrected chi connectivity index (χ1v) is 10.1. The first-order valence-electron chi connectivity index (χ1n) is 8.94. The topological polar surface area (TPSA) is 74.2 Å². The summed E-state index contributed by atoms with van der Waals surface area (Å²) in [5.41, 5.74) is 0.925. The lowest BCUT2D eigenvalue weighted by Crippen LogP contribution is -2.55. The molecular formula is C19H19ClN6OS. The summed E-state index contributed by atoms with van der Waals surface area (Å²) in [6, 6.07) is 13.2. The molecule has 1 aliphatic heterocycles. The van der Waals surface area contributed by atoms with E-state index >= 15 is 0 Å². The predicted molar refractivity (Wildman–Crippen MR) is 112 cm³/mol. The Kier molecular flexibility index (Phi) is 5.40. The maximum Gasteiger partial charge on any atom is 0.324 e. The molecule has 144 valence electrons. The van der Waals surface area contributed by atoms with Crippen LogP contribution in [0.2, 0.25) is 5.02 Å². The normalized spacial score (nSPS) is 16.9. The molecule has 1 saturated heterocycles. The second-order valence-electron chi connectivity index (χ2n) is 6.52. The zero-order chi connectivity index (χ0) is 19.5. The highest BCUT2D eigenvalue weighted by Gasteiger charge is 2.29. The van der Waals surface area contributed by atoms with E-state index < -0.39 is 0 Å². The minimum Gasteiger partial charge on any atom is -0.352 e. The van der Waals surface area contributed by atoms with Gasteiger partial charge in [0.1, 0.15) is 5.82 Å². The number of nitrogens with one attached hydrogen (secondary N) is 1. The van der Waals surface area contributed by atoms with E-state index in [1.807, 2.05) is 49.4 Å². The van der Waals surface area contributed by atoms with Gasteiger partial charge in [0, 0.05) is 49.0 Å². The van der Waals surface area contributed by atoms with Crippen molar-refractivity contribution in [3.05, 3.63) is 53.7 Å². The lowest BCUT2D eigenvalue weighted by Gasteiger charge is -2.40. The average molecular weight is 415 g/mol. The first-order chi connectivity index (χ1) is 13.6. The van der Waals surface area contributed by atoms with Crippen LogP contribution in [0.25, 0.3) is 11.4 Å². The van der Waals surface area contributed by atoms with Crippen molar-refractivity contribution in [2.24, 2.45) is 0 Å². The van der Waals surface area contributed by atoms with Crippen molar-refractivity contribution in [1.29, 1.82) is 0 Å². The summed E-state index contributed by atoms with van der Waals surface area (Å²) in [7, 11) is 0. The van der Waals surface area contributed by atoms with Crippen LogP contribution in [-0.2, 0) is 0 Å². The number of hydrogen-bond acceptors (Lipinski definition) is 6. The fourth-order valence-corrected chi connectivity index (χ4v) is 4.02. The maximum absolute atomic E-state index is 12.7. The summed E-state index contributed by atoms with van der Waals surface area (Å²) in [6.45, 7) is 3.91. The number of carbonyl (C=O) groups is 1. The van der Waals surface area contributed by atoms with Gasteiger partial charge in [0.15, 0.2) is 5.82 Å². The highest BCUT2D eigenvalue weighted by molar-refractivity contribution is 7.10. The van der Waals surface area contributed by atoms with Crippen LogP contribution < -0.4 is 10.2 Å². The molecule has 1 N–H and O–H groups in total. The molecule has 3 heterocycles. The number of aromatic nitrogens is 3. The third kappa shape index (κ3) is 3.93. The van der Waals surface area contributed by atoms with E-state index in [1.165, 1.54) is 11.5 Å². The fourth-order valence-electron chi connectivity index (χ4n) is 3.20. The van der Waals surface area contributed by atoms with Gasteiger partial charge in [-0.3, -0.25) is 5.32 Å². The van der Waals surface area contributed by atoms with Gasteiger partial charge in [0.2, 0.25) is 5.13 Å². The molecule has 1 atom stereocenters. The Bertz CT molecular complexity index is 966. The van der Waals surface area contributed by atoms with Gasteiger partial charge >= 0.3 is 6.03 Å². The molecule has 1 fully saturated rings. The van der Waals surface area contributed by atoms with Gasteiger partial charge in [0.05, 0.1) is 5.02 Å². The van der Waals surface area contributed by atoms with Crippen LogP contribution in [0.1, 0.15) is 6.92 Å². The molecule has 1 unspecified atom stereocenters. The van der Waals surface area contributed by atoms with Crippen molar-refractivity contribution in [3.63, 3.8) is 0 Å². The van der Waals surface area contributed by atoms with E-state index in [-0.39, 0.29) is 12.1 Å². The van der Waals surface area contributed by atoms with Crippen LogP contribution in [0.15, 0.2) is 48.7 Å². The van der Waals surface area contributed by atoms with E-state index in [0.29, 0.717) is 35.6 Å². The van der Waals surface area contributed by atoms with Crippen LogP contribution in [0.3, 0.4) is 0 Å². The number of nitrogens with zero attached hydrogens (tertiary/aromatic N) is 5. The third-order valence-corrected chi connectivity index (χ3v) is 5.52. The zero-order valence-corrected chi connectivity index (χ0v) is 16.8. The van der Waals surface area contributed by atoms with E-state index in [4.69, 9.17) is 11.6 Å². The second kappa shape index (κ2) is 8.12. The van der Waals surface area contributed by atoms with Crippen LogP contribution in [0.4, 0.5) is 15.7 Å². The monoisotopic (exact) mass is 414 g/mol. The number of benzene rings is 1. The lowest BCUT2D eigenvalue weighted by molar-refractivity contribution is 0.184. The van der Waals surface area contributed by atoms with Crippen molar-refractivity contribution in [2.45, 2.75) is 13.0 Å². The fraction of sp³-hybridized carbons (Fsp3) is 0.263. The highest BCUT2D eigenvalue weighted by Crippen LogP contribution is 2.26. The summed E-state index contributed by atoms with van der Waals surface area (Å²) in [5.74, 6) is 1.37. The predicted octanol–water partition coefficient (Wildman–Crippen LogP) is 4.00. The van der Waals surface area contributed by atoms with Crippen LogP contribution >= 0.6 is 23.1 Å². The van der Waals surface area contributed by atoms with Gasteiger partial charge in [-0.05, 0) is 19.1 Å². The van der Waals surface area contributed by atoms with Gasteiger partial charge in [0.25, 0.3) is 0 Å². The summed E-state index contributed by atoms with van der Waals surface area (Å²) in [5, 5.41) is 3.98. The Balaban J connectivity index is 1.40. The number of anilines is 2. The third-order valence-electron chi connectivity index (χ3n) is 4.60. The molecule has 7 nitrogen and oxygen atoms in total. The van der Waals surface area contributed by atoms with E-state index in [1.54, 1.807) is 11.1 Å². The number of pyridine rings is 1. The van der Waals surface area contributed by atoms with Crippen LogP contribution in [-0.4, -0.2) is 50.9 Å². The second-order valence-corrected chi connectivity index (χ2v) is 7.68. The number of amides is 2. The van der Waals surface area contributed by atoms with Crippen molar-refractivity contribution >= 4 is 40.1 Å². The number of piperazine rings is 1. The summed E-state index contributed by atoms with van der Waals surface area (Å²) in [4.78, 5) is 25.4. The molecule has 0 saturated carbocycles. The number of carbonyl (C=O) groups excluding carboxylic acids is 1. The smallest absolute Gasteiger partial charge is 0.324 e. The molecule has 3 aromatic rings. The van der Waals surface area contributed by atoms with Crippen molar-refractivity contribution < 1.29 is 4.79 Å². The number of halogens is 1. The van der Waals surface area contributed by atoms with Gasteiger partial charge < -0.3 is 9.80 Å². The minimum absolute atomic E-state index is 0.00772. The Morgan fingerprint density at radius 2 is 2.04 bits per heavy atom. The zero-order valence-electron chi connectivity index (χ0n) is 15.2. The Morgan fingerprint density at radius 1 is 1.21 bits per heavy atom. The van der Waals surface area contributed by atoms with Gasteiger partial charge in [-0.25, -0.2) is 9.78 Å². The molecule has 9 heteroatoms. The molecule has 2 amide bonds. The summed E-state index contributed by atoms with van der Waals surface area (Å²) >= 11 is 7.43. The summed E-state index contributed by atoms with van der Waals surface area (Å²) in [6.07, 6.45) is 1.73. The largest absolute Gasteiger partial charge is 0.352 e. The van der Waals surface area contributed by atoms with Gasteiger partial charge in [-0.1, -0.05) is 41.9 Å². The molecule has 0 radical (unpaired) electrons. The standard InChI is InChI=1S/C19H19ClN6OS/c1-13-12-25(17-15(20)8-5-9-21-17)10-11-26(13)19(27)23-18-22-16(24-28-18)14-6-3-2-4-7-14/h2-9,13H,10-12H2,1H3,(H,22,23,24,27). The molecule has 2 aromatic heterocycles. The molecule has 1 aliphatic rings. The van der Waals surface area contributed by atoms with E-state index in [0.717, 1.165) is 11.4 Å². The number of hydrogen-bond donors (Lipinski definition) is 1. The highest BCUT2D eigenvalue weighted by atomic mass is 35.5. The minimum atomic E-state index is -0.171. The Hall–Kier alpha value is -2.71. The van der Waals surface area contributed by atoms with Gasteiger partial charge in [-0.2, -0.15) is 9.36 Å². The van der Waals surface area contributed by atoms with Crippen molar-refractivity contribution in [2.75, 3.05) is 29.9 Å². The first kappa shape index (κ1) is 18.6. The van der Waals surface area contributed by atoms with Gasteiger partial charge in [-0.15, -0.1) is 0 Å². The molecular weight excluding hydrogens is 396 g/mol. The van der Waals surface area contributed by atoms with E-state index in [9.17, 15) is 4.79 Å². The quantitative estimate of drug-likeness (QED) is 0.701. The molecule has 0 spiro atoms. The Labute approximate surface area is 172 Å². The van der Waals surface area contributed by atoms with Crippen molar-refractivity contribution in [1.82, 2.24) is 19.2 Å². The lowest BCUT2D eigenvalue weighted by atomic mass is 10.2.